The van der Waals surface area contributed by atoms with Crippen LogP contribution in [0.25, 0.3) is 0 Å². The predicted octanol–water partition coefficient (Wildman–Crippen LogP) is 2.73. The van der Waals surface area contributed by atoms with E-state index in [1.165, 1.54) is 38.1 Å². The molecule has 2 rings (SSSR count). The molecule has 0 heterocycles. The summed E-state index contributed by atoms with van der Waals surface area (Å²) in [7, 11) is 2.94. The van der Waals surface area contributed by atoms with E-state index in [0.717, 1.165) is 15.6 Å². The van der Waals surface area contributed by atoms with E-state index >= 15 is 0 Å². The largest absolute Gasteiger partial charge is 0.496 e. The van der Waals surface area contributed by atoms with Gasteiger partial charge >= 0.3 is 6.03 Å². The molecule has 0 bridgehead atoms. The second-order valence-corrected chi connectivity index (χ2v) is 5.99. The normalized spacial score (nSPS) is 10.4. The molecule has 8 heteroatoms. The number of amides is 2. The summed E-state index contributed by atoms with van der Waals surface area (Å²) < 4.78 is 18.7. The summed E-state index contributed by atoms with van der Waals surface area (Å²) in [6.07, 6.45) is 0. The van der Waals surface area contributed by atoms with Crippen LogP contribution in [0.2, 0.25) is 0 Å². The highest BCUT2D eigenvalue weighted by atomic mass is 32.2. The minimum Gasteiger partial charge on any atom is -0.496 e. The van der Waals surface area contributed by atoms with Gasteiger partial charge in [0.2, 0.25) is 0 Å². The molecule has 0 aromatic heterocycles. The van der Waals surface area contributed by atoms with Crippen molar-refractivity contribution < 1.29 is 13.9 Å². The summed E-state index contributed by atoms with van der Waals surface area (Å²) in [6.45, 7) is 0. The van der Waals surface area contributed by atoms with E-state index in [4.69, 9.17) is 16.4 Å². The van der Waals surface area contributed by atoms with Gasteiger partial charge in [0.05, 0.1) is 17.7 Å². The summed E-state index contributed by atoms with van der Waals surface area (Å²) in [4.78, 5) is 12.6. The summed E-state index contributed by atoms with van der Waals surface area (Å²) in [6, 6.07) is 11.0. The summed E-state index contributed by atoms with van der Waals surface area (Å²) in [5.74, 6) is 12.0. The van der Waals surface area contributed by atoms with Gasteiger partial charge in [0, 0.05) is 12.8 Å². The van der Waals surface area contributed by atoms with Crippen LogP contribution in [-0.4, -0.2) is 25.2 Å². The van der Waals surface area contributed by atoms with E-state index in [1.807, 2.05) is 12.1 Å². The zero-order chi connectivity index (χ0) is 17.7. The third-order valence-corrected chi connectivity index (χ3v) is 4.35. The highest BCUT2D eigenvalue weighted by molar-refractivity contribution is 7.98. The number of anilines is 1. The minimum absolute atomic E-state index is 0.341. The molecular weight excluding hydrogens is 331 g/mol. The molecule has 24 heavy (non-hydrogen) atoms. The second-order valence-electron chi connectivity index (χ2n) is 4.98. The van der Waals surface area contributed by atoms with Crippen LogP contribution in [0.3, 0.4) is 0 Å². The lowest BCUT2D eigenvalue weighted by atomic mass is 10.2. The molecule has 0 aliphatic rings. The zero-order valence-corrected chi connectivity index (χ0v) is 14.2. The molecule has 0 saturated carbocycles. The number of hydrazine groups is 2. The van der Waals surface area contributed by atoms with Gasteiger partial charge in [0.1, 0.15) is 11.6 Å². The molecule has 0 fully saturated rings. The van der Waals surface area contributed by atoms with Crippen LogP contribution in [0, 0.1) is 5.82 Å². The standard InChI is InChI=1S/C16H19FN4O2S/c1-20(18)16(22)21(19)13-6-4-3-5-11(13)10-24-15-9-12(17)7-8-14(15)23-2/h3-9H,10,18-19H2,1-2H3. The lowest BCUT2D eigenvalue weighted by Gasteiger charge is -2.23. The van der Waals surface area contributed by atoms with E-state index in [1.54, 1.807) is 18.2 Å². The summed E-state index contributed by atoms with van der Waals surface area (Å²) in [5.41, 5.74) is 1.34. The van der Waals surface area contributed by atoms with Crippen LogP contribution in [0.4, 0.5) is 14.9 Å². The number of urea groups is 1. The number of benzene rings is 2. The fourth-order valence-electron chi connectivity index (χ4n) is 2.06. The number of carbonyl (C=O) groups excluding carboxylic acids is 1. The molecule has 2 aromatic rings. The first kappa shape index (κ1) is 18.1. The number of halogens is 1. The highest BCUT2D eigenvalue weighted by Crippen LogP contribution is 2.34. The molecule has 2 amide bonds. The van der Waals surface area contributed by atoms with Crippen molar-refractivity contribution in [1.82, 2.24) is 5.01 Å². The van der Waals surface area contributed by atoms with Gasteiger partial charge in [0.15, 0.2) is 0 Å². The molecule has 0 atom stereocenters. The Kier molecular flexibility index (Phi) is 6.02. The molecule has 2 aromatic carbocycles. The maximum atomic E-state index is 13.5. The van der Waals surface area contributed by atoms with Crippen LogP contribution in [0.15, 0.2) is 47.4 Å². The molecular formula is C16H19FN4O2S. The third-order valence-electron chi connectivity index (χ3n) is 3.27. The second kappa shape index (κ2) is 8.00. The average molecular weight is 350 g/mol. The van der Waals surface area contributed by atoms with Gasteiger partial charge in [-0.3, -0.25) is 5.01 Å². The highest BCUT2D eigenvalue weighted by Gasteiger charge is 2.17. The van der Waals surface area contributed by atoms with Gasteiger partial charge in [-0.1, -0.05) is 18.2 Å². The van der Waals surface area contributed by atoms with E-state index in [0.29, 0.717) is 22.1 Å². The first-order valence-electron chi connectivity index (χ1n) is 7.05. The SMILES string of the molecule is COc1ccc(F)cc1SCc1ccccc1N(N)C(=O)N(C)N. The Balaban J connectivity index is 2.22. The smallest absolute Gasteiger partial charge is 0.352 e. The van der Waals surface area contributed by atoms with Crippen molar-refractivity contribution in [3.63, 3.8) is 0 Å². The Bertz CT molecular complexity index is 727. The van der Waals surface area contributed by atoms with E-state index in [2.05, 4.69) is 0 Å². The van der Waals surface area contributed by atoms with Crippen LogP contribution < -0.4 is 21.4 Å². The fourth-order valence-corrected chi connectivity index (χ4v) is 3.10. The predicted molar refractivity (Wildman–Crippen MR) is 93.0 cm³/mol. The number of para-hydroxylation sites is 1. The number of rotatable bonds is 5. The van der Waals surface area contributed by atoms with Crippen LogP contribution >= 0.6 is 11.8 Å². The Labute approximate surface area is 144 Å². The van der Waals surface area contributed by atoms with Crippen LogP contribution in [0.1, 0.15) is 5.56 Å². The fraction of sp³-hybridized carbons (Fsp3) is 0.188. The van der Waals surface area contributed by atoms with Crippen molar-refractivity contribution in [2.75, 3.05) is 19.2 Å². The van der Waals surface area contributed by atoms with Gasteiger partial charge in [0.25, 0.3) is 0 Å². The molecule has 0 aliphatic heterocycles. The number of methoxy groups -OCH3 is 1. The van der Waals surface area contributed by atoms with Gasteiger partial charge in [-0.2, -0.15) is 0 Å². The molecule has 0 spiro atoms. The summed E-state index contributed by atoms with van der Waals surface area (Å²) in [5, 5.41) is 1.89. The van der Waals surface area contributed by atoms with E-state index in [-0.39, 0.29) is 5.82 Å². The average Bonchev–Trinajstić information content (AvgIpc) is 2.59. The van der Waals surface area contributed by atoms with Gasteiger partial charge in [-0.15, -0.1) is 11.8 Å². The zero-order valence-electron chi connectivity index (χ0n) is 13.4. The number of hydrogen-bond donors (Lipinski definition) is 2. The molecule has 4 N–H and O–H groups in total. The molecule has 0 saturated heterocycles. The lowest BCUT2D eigenvalue weighted by molar-refractivity contribution is 0.216. The van der Waals surface area contributed by atoms with Gasteiger partial charge in [-0.25, -0.2) is 25.9 Å². The Hall–Kier alpha value is -2.29. The van der Waals surface area contributed by atoms with Crippen LogP contribution in [0.5, 0.6) is 5.75 Å². The van der Waals surface area contributed by atoms with Crippen molar-refractivity contribution in [2.45, 2.75) is 10.6 Å². The maximum absolute atomic E-state index is 13.5. The van der Waals surface area contributed by atoms with Crippen molar-refractivity contribution in [1.29, 1.82) is 0 Å². The monoisotopic (exact) mass is 350 g/mol. The minimum atomic E-state index is -0.546. The number of nitrogens with zero attached hydrogens (tertiary/aromatic N) is 2. The van der Waals surface area contributed by atoms with Gasteiger partial charge < -0.3 is 4.74 Å². The molecule has 0 aliphatic carbocycles. The Morgan fingerprint density at radius 1 is 1.25 bits per heavy atom. The van der Waals surface area contributed by atoms with Crippen molar-refractivity contribution in [2.24, 2.45) is 11.7 Å². The topological polar surface area (TPSA) is 84.8 Å². The van der Waals surface area contributed by atoms with Crippen molar-refractivity contribution >= 4 is 23.5 Å². The molecule has 0 unspecified atom stereocenters. The van der Waals surface area contributed by atoms with E-state index < -0.39 is 6.03 Å². The molecule has 128 valence electrons. The maximum Gasteiger partial charge on any atom is 0.352 e. The number of nitrogens with two attached hydrogens (primary N) is 2. The van der Waals surface area contributed by atoms with Crippen molar-refractivity contribution in [3.8, 4) is 5.75 Å². The van der Waals surface area contributed by atoms with Gasteiger partial charge in [-0.05, 0) is 29.8 Å². The number of ether oxygens (including phenoxy) is 1. The molecule has 0 radical (unpaired) electrons. The Morgan fingerprint density at radius 2 is 1.96 bits per heavy atom. The Morgan fingerprint density at radius 3 is 2.62 bits per heavy atom. The first-order chi connectivity index (χ1) is 11.4. The first-order valence-corrected chi connectivity index (χ1v) is 8.04. The van der Waals surface area contributed by atoms with Crippen molar-refractivity contribution in [3.05, 3.63) is 53.8 Å². The number of hydrogen-bond acceptors (Lipinski definition) is 5. The van der Waals surface area contributed by atoms with E-state index in [9.17, 15) is 9.18 Å². The molecule has 6 nitrogen and oxygen atoms in total. The number of thioether (sulfide) groups is 1. The third kappa shape index (κ3) is 4.16. The lowest BCUT2D eigenvalue weighted by Crippen LogP contribution is -2.48. The van der Waals surface area contributed by atoms with Crippen LogP contribution in [-0.2, 0) is 5.75 Å². The summed E-state index contributed by atoms with van der Waals surface area (Å²) >= 11 is 1.39. The number of carbonyl (C=O) groups is 1. The quantitative estimate of drug-likeness (QED) is 0.375.